The zero-order valence-electron chi connectivity index (χ0n) is 10.5. The number of rotatable bonds is 2. The van der Waals surface area contributed by atoms with Crippen LogP contribution < -0.4 is 5.56 Å². The lowest BCUT2D eigenvalue weighted by atomic mass is 10.0. The number of pyridine rings is 1. The maximum absolute atomic E-state index is 13.0. The van der Waals surface area contributed by atoms with Crippen molar-refractivity contribution in [1.29, 1.82) is 0 Å². The fourth-order valence-corrected chi connectivity index (χ4v) is 2.42. The molecule has 106 valence electrons. The van der Waals surface area contributed by atoms with E-state index in [1.165, 1.54) is 7.05 Å². The van der Waals surface area contributed by atoms with Gasteiger partial charge in [-0.2, -0.15) is 13.2 Å². The molecule has 0 amide bonds. The van der Waals surface area contributed by atoms with Gasteiger partial charge >= 0.3 is 6.18 Å². The summed E-state index contributed by atoms with van der Waals surface area (Å²) in [5, 5.41) is 0. The third-order valence-corrected chi connectivity index (χ3v) is 3.44. The van der Waals surface area contributed by atoms with Crippen molar-refractivity contribution in [3.05, 3.63) is 68.0 Å². The standard InChI is InChI=1S/C14H11BrF3NO/c1-19-6-5-12(14(16,17)18)11(13(19)20)8-9-3-2-4-10(15)7-9/h2-7H,8H2,1H3. The van der Waals surface area contributed by atoms with Crippen molar-refractivity contribution in [2.75, 3.05) is 0 Å². The van der Waals surface area contributed by atoms with Crippen LogP contribution in [0.4, 0.5) is 13.2 Å². The van der Waals surface area contributed by atoms with E-state index in [1.807, 2.05) is 0 Å². The molecule has 1 heterocycles. The van der Waals surface area contributed by atoms with Gasteiger partial charge in [-0.05, 0) is 23.8 Å². The summed E-state index contributed by atoms with van der Waals surface area (Å²) in [6, 6.07) is 7.83. The molecule has 0 radical (unpaired) electrons. The fraction of sp³-hybridized carbons (Fsp3) is 0.214. The second-order valence-electron chi connectivity index (χ2n) is 4.43. The first kappa shape index (κ1) is 14.8. The average Bonchev–Trinajstić information content (AvgIpc) is 2.33. The topological polar surface area (TPSA) is 22.0 Å². The highest BCUT2D eigenvalue weighted by Crippen LogP contribution is 2.31. The minimum Gasteiger partial charge on any atom is -0.318 e. The molecule has 0 unspecified atom stereocenters. The van der Waals surface area contributed by atoms with E-state index in [1.54, 1.807) is 24.3 Å². The SMILES string of the molecule is Cn1ccc(C(F)(F)F)c(Cc2cccc(Br)c2)c1=O. The van der Waals surface area contributed by atoms with E-state index in [-0.39, 0.29) is 12.0 Å². The van der Waals surface area contributed by atoms with E-state index < -0.39 is 17.3 Å². The van der Waals surface area contributed by atoms with Gasteiger partial charge in [-0.1, -0.05) is 28.1 Å². The van der Waals surface area contributed by atoms with Crippen molar-refractivity contribution in [3.8, 4) is 0 Å². The molecule has 0 aliphatic heterocycles. The van der Waals surface area contributed by atoms with E-state index in [0.29, 0.717) is 5.56 Å². The van der Waals surface area contributed by atoms with Gasteiger partial charge in [0, 0.05) is 29.7 Å². The van der Waals surface area contributed by atoms with Crippen LogP contribution in [0.2, 0.25) is 0 Å². The number of aromatic nitrogens is 1. The van der Waals surface area contributed by atoms with Crippen molar-refractivity contribution >= 4 is 15.9 Å². The predicted octanol–water partition coefficient (Wildman–Crippen LogP) is 3.76. The molecule has 0 aliphatic rings. The van der Waals surface area contributed by atoms with Crippen LogP contribution in [-0.2, 0) is 19.6 Å². The van der Waals surface area contributed by atoms with Gasteiger partial charge in [0.2, 0.25) is 0 Å². The summed E-state index contributed by atoms with van der Waals surface area (Å²) in [5.41, 5.74) is -1.09. The van der Waals surface area contributed by atoms with Crippen molar-refractivity contribution < 1.29 is 13.2 Å². The molecule has 2 rings (SSSR count). The van der Waals surface area contributed by atoms with E-state index in [4.69, 9.17) is 0 Å². The fourth-order valence-electron chi connectivity index (χ4n) is 1.97. The third kappa shape index (κ3) is 3.12. The van der Waals surface area contributed by atoms with Gasteiger partial charge in [0.15, 0.2) is 0 Å². The largest absolute Gasteiger partial charge is 0.416 e. The molecule has 0 fully saturated rings. The Kier molecular flexibility index (Phi) is 4.04. The molecular formula is C14H11BrF3NO. The lowest BCUT2D eigenvalue weighted by molar-refractivity contribution is -0.138. The van der Waals surface area contributed by atoms with Gasteiger partial charge in [0.25, 0.3) is 5.56 Å². The molecule has 0 bridgehead atoms. The molecule has 0 saturated carbocycles. The smallest absolute Gasteiger partial charge is 0.318 e. The van der Waals surface area contributed by atoms with Crippen LogP contribution in [0.3, 0.4) is 0 Å². The molecule has 20 heavy (non-hydrogen) atoms. The quantitative estimate of drug-likeness (QED) is 0.812. The molecule has 0 atom stereocenters. The number of nitrogens with zero attached hydrogens (tertiary/aromatic N) is 1. The molecule has 1 aromatic heterocycles. The molecule has 0 spiro atoms. The van der Waals surface area contributed by atoms with Crippen molar-refractivity contribution in [1.82, 2.24) is 4.57 Å². The summed E-state index contributed by atoms with van der Waals surface area (Å²) in [4.78, 5) is 12.0. The normalized spacial score (nSPS) is 11.7. The molecule has 0 N–H and O–H groups in total. The highest BCUT2D eigenvalue weighted by molar-refractivity contribution is 9.10. The van der Waals surface area contributed by atoms with Crippen molar-refractivity contribution in [3.63, 3.8) is 0 Å². The number of alkyl halides is 3. The van der Waals surface area contributed by atoms with Crippen LogP contribution in [-0.4, -0.2) is 4.57 Å². The summed E-state index contributed by atoms with van der Waals surface area (Å²) in [5.74, 6) is 0. The first-order valence-electron chi connectivity index (χ1n) is 5.79. The Labute approximate surface area is 122 Å². The average molecular weight is 346 g/mol. The van der Waals surface area contributed by atoms with Gasteiger partial charge in [-0.3, -0.25) is 4.79 Å². The Morgan fingerprint density at radius 2 is 1.95 bits per heavy atom. The molecule has 0 saturated heterocycles. The first-order valence-corrected chi connectivity index (χ1v) is 6.58. The minimum absolute atomic E-state index is 0.0538. The van der Waals surface area contributed by atoms with Crippen LogP contribution >= 0.6 is 15.9 Å². The Morgan fingerprint density at radius 1 is 1.25 bits per heavy atom. The molecule has 2 nitrogen and oxygen atoms in total. The Balaban J connectivity index is 2.55. The summed E-state index contributed by atoms with van der Waals surface area (Å²) >= 11 is 3.26. The summed E-state index contributed by atoms with van der Waals surface area (Å²) in [7, 11) is 1.44. The molecule has 0 aliphatic carbocycles. The van der Waals surface area contributed by atoms with Crippen molar-refractivity contribution in [2.45, 2.75) is 12.6 Å². The highest BCUT2D eigenvalue weighted by Gasteiger charge is 2.34. The van der Waals surface area contributed by atoms with Gasteiger partial charge in [0.1, 0.15) is 0 Å². The number of aryl methyl sites for hydroxylation is 1. The summed E-state index contributed by atoms with van der Waals surface area (Å²) in [6.07, 6.45) is -3.45. The lowest BCUT2D eigenvalue weighted by Crippen LogP contribution is -2.25. The van der Waals surface area contributed by atoms with Crippen LogP contribution in [0, 0.1) is 0 Å². The second-order valence-corrected chi connectivity index (χ2v) is 5.34. The number of halogens is 4. The van der Waals surface area contributed by atoms with Crippen molar-refractivity contribution in [2.24, 2.45) is 7.05 Å². The first-order chi connectivity index (χ1) is 9.29. The maximum atomic E-state index is 13.0. The Bertz CT molecular complexity index is 692. The monoisotopic (exact) mass is 345 g/mol. The maximum Gasteiger partial charge on any atom is 0.416 e. The van der Waals surface area contributed by atoms with Gasteiger partial charge in [-0.15, -0.1) is 0 Å². The second kappa shape index (κ2) is 5.44. The number of benzene rings is 1. The molecule has 1 aromatic carbocycles. The molecule has 2 aromatic rings. The summed E-state index contributed by atoms with van der Waals surface area (Å²) in [6.45, 7) is 0. The predicted molar refractivity (Wildman–Crippen MR) is 73.6 cm³/mol. The van der Waals surface area contributed by atoms with Gasteiger partial charge in [-0.25, -0.2) is 0 Å². The Morgan fingerprint density at radius 3 is 2.55 bits per heavy atom. The van der Waals surface area contributed by atoms with E-state index >= 15 is 0 Å². The summed E-state index contributed by atoms with van der Waals surface area (Å²) < 4.78 is 40.9. The minimum atomic E-state index is -4.53. The zero-order valence-corrected chi connectivity index (χ0v) is 12.1. The lowest BCUT2D eigenvalue weighted by Gasteiger charge is -2.13. The zero-order chi connectivity index (χ0) is 14.9. The van der Waals surface area contributed by atoms with Crippen LogP contribution in [0.5, 0.6) is 0 Å². The van der Waals surface area contributed by atoms with Crippen LogP contribution in [0.15, 0.2) is 45.8 Å². The van der Waals surface area contributed by atoms with E-state index in [2.05, 4.69) is 15.9 Å². The Hall–Kier alpha value is -1.56. The van der Waals surface area contributed by atoms with Gasteiger partial charge in [0.05, 0.1) is 5.56 Å². The third-order valence-electron chi connectivity index (χ3n) is 2.94. The van der Waals surface area contributed by atoms with E-state index in [9.17, 15) is 18.0 Å². The number of hydrogen-bond acceptors (Lipinski definition) is 1. The highest BCUT2D eigenvalue weighted by atomic mass is 79.9. The van der Waals surface area contributed by atoms with E-state index in [0.717, 1.165) is 21.3 Å². The van der Waals surface area contributed by atoms with Gasteiger partial charge < -0.3 is 4.57 Å². The van der Waals surface area contributed by atoms with Crippen LogP contribution in [0.25, 0.3) is 0 Å². The number of hydrogen-bond donors (Lipinski definition) is 0. The molecule has 6 heteroatoms. The van der Waals surface area contributed by atoms with Crippen LogP contribution in [0.1, 0.15) is 16.7 Å². The molecular weight excluding hydrogens is 335 g/mol.